The number of amides is 1. The van der Waals surface area contributed by atoms with E-state index in [2.05, 4.69) is 5.32 Å². The molecule has 36 heavy (non-hydrogen) atoms. The number of aryl methyl sites for hydroxylation is 1. The van der Waals surface area contributed by atoms with Crippen molar-refractivity contribution in [2.24, 2.45) is 0 Å². The Morgan fingerprint density at radius 3 is 2.50 bits per heavy atom. The number of hydrogen-bond acceptors (Lipinski definition) is 7. The highest BCUT2D eigenvalue weighted by Gasteiger charge is 2.33. The molecule has 1 fully saturated rings. The molecule has 3 aromatic rings. The second-order valence-electron chi connectivity index (χ2n) is 7.87. The van der Waals surface area contributed by atoms with Crippen LogP contribution in [0, 0.1) is 17.0 Å². The number of ether oxygens (including phenoxy) is 3. The lowest BCUT2D eigenvalue weighted by atomic mass is 10.1. The number of nitrogens with one attached hydrogen (secondary N) is 1. The third-order valence-corrected chi connectivity index (χ3v) is 5.86. The quantitative estimate of drug-likeness (QED) is 0.202. The zero-order valence-electron chi connectivity index (χ0n) is 19.8. The molecule has 10 heteroatoms. The molecule has 0 aliphatic carbocycles. The van der Waals surface area contributed by atoms with Crippen LogP contribution in [-0.2, 0) is 11.4 Å². The number of nitrogens with zero attached hydrogens (tertiary/aromatic N) is 2. The molecule has 9 nitrogen and oxygen atoms in total. The van der Waals surface area contributed by atoms with Gasteiger partial charge in [-0.05, 0) is 67.2 Å². The van der Waals surface area contributed by atoms with Gasteiger partial charge in [0.1, 0.15) is 29.6 Å². The monoisotopic (exact) mass is 505 g/mol. The second kappa shape index (κ2) is 10.4. The molecule has 1 N–H and O–H groups in total. The van der Waals surface area contributed by atoms with E-state index >= 15 is 0 Å². The standard InChI is InChI=1S/C26H23N3O6S/c1-16-12-19(9-10-21(16)29(31)32)35-15-18-13-17(8-11-23(18)33-2)14-20-25(30)28(26(36)27-20)22-6-4-5-7-24(22)34-3/h4-14H,15H2,1-3H3,(H,27,36)/b20-14+. The average Bonchev–Trinajstić information content (AvgIpc) is 3.14. The summed E-state index contributed by atoms with van der Waals surface area (Å²) < 4.78 is 16.7. The Labute approximate surface area is 213 Å². The van der Waals surface area contributed by atoms with E-state index in [9.17, 15) is 14.9 Å². The first-order chi connectivity index (χ1) is 17.3. The minimum absolute atomic E-state index is 0.0300. The van der Waals surface area contributed by atoms with E-state index in [4.69, 9.17) is 26.4 Å². The molecule has 1 saturated heterocycles. The first-order valence-electron chi connectivity index (χ1n) is 10.9. The van der Waals surface area contributed by atoms with Crippen molar-refractivity contribution in [3.8, 4) is 17.2 Å². The fraction of sp³-hybridized carbons (Fsp3) is 0.154. The van der Waals surface area contributed by atoms with Gasteiger partial charge in [-0.25, -0.2) is 4.90 Å². The first-order valence-corrected chi connectivity index (χ1v) is 11.3. The van der Waals surface area contributed by atoms with Crippen molar-refractivity contribution in [2.45, 2.75) is 13.5 Å². The van der Waals surface area contributed by atoms with Gasteiger partial charge in [0, 0.05) is 17.2 Å². The summed E-state index contributed by atoms with van der Waals surface area (Å²) in [5.74, 6) is 1.32. The van der Waals surface area contributed by atoms with Crippen LogP contribution in [0.25, 0.3) is 6.08 Å². The summed E-state index contributed by atoms with van der Waals surface area (Å²) in [7, 11) is 3.09. The Kier molecular flexibility index (Phi) is 7.16. The highest BCUT2D eigenvalue weighted by atomic mass is 32.1. The van der Waals surface area contributed by atoms with Crippen LogP contribution in [-0.4, -0.2) is 30.2 Å². The number of methoxy groups -OCH3 is 2. The minimum Gasteiger partial charge on any atom is -0.496 e. The molecule has 1 amide bonds. The van der Waals surface area contributed by atoms with Crippen molar-refractivity contribution < 1.29 is 23.9 Å². The molecule has 0 saturated carbocycles. The molecule has 0 atom stereocenters. The highest BCUT2D eigenvalue weighted by molar-refractivity contribution is 7.80. The fourth-order valence-electron chi connectivity index (χ4n) is 3.82. The van der Waals surface area contributed by atoms with E-state index in [1.165, 1.54) is 18.1 Å². The fourth-order valence-corrected chi connectivity index (χ4v) is 4.11. The summed E-state index contributed by atoms with van der Waals surface area (Å²) >= 11 is 5.41. The molecular weight excluding hydrogens is 482 g/mol. The number of rotatable bonds is 8. The molecule has 4 rings (SSSR count). The smallest absolute Gasteiger partial charge is 0.281 e. The largest absolute Gasteiger partial charge is 0.496 e. The number of thiocarbonyl (C=S) groups is 1. The third kappa shape index (κ3) is 4.98. The Balaban J connectivity index is 1.57. The number of anilines is 1. The summed E-state index contributed by atoms with van der Waals surface area (Å²) in [6, 6.07) is 17.2. The van der Waals surface area contributed by atoms with Gasteiger partial charge in [0.2, 0.25) is 0 Å². The molecule has 1 aliphatic heterocycles. The molecular formula is C26H23N3O6S. The number of carbonyl (C=O) groups is 1. The lowest BCUT2D eigenvalue weighted by Crippen LogP contribution is -2.30. The predicted octanol–water partition coefficient (Wildman–Crippen LogP) is 4.76. The van der Waals surface area contributed by atoms with Crippen molar-refractivity contribution >= 4 is 40.7 Å². The molecule has 3 aromatic carbocycles. The zero-order valence-corrected chi connectivity index (χ0v) is 20.6. The molecule has 1 heterocycles. The maximum absolute atomic E-state index is 13.2. The van der Waals surface area contributed by atoms with E-state index in [-0.39, 0.29) is 23.3 Å². The topological polar surface area (TPSA) is 103 Å². The Hall–Kier alpha value is -4.44. The Bertz CT molecular complexity index is 1390. The molecule has 0 radical (unpaired) electrons. The summed E-state index contributed by atoms with van der Waals surface area (Å²) in [6.07, 6.45) is 1.70. The van der Waals surface area contributed by atoms with Crippen LogP contribution in [0.4, 0.5) is 11.4 Å². The SMILES string of the molecule is COc1ccc(/C=C2/NC(=S)N(c3ccccc3OC)C2=O)cc1COc1ccc([N+](=O)[O-])c(C)c1. The molecule has 0 spiro atoms. The number of benzene rings is 3. The van der Waals surface area contributed by atoms with Gasteiger partial charge in [-0.2, -0.15) is 0 Å². The summed E-state index contributed by atoms with van der Waals surface area (Å²) in [4.78, 5) is 25.2. The van der Waals surface area contributed by atoms with Gasteiger partial charge in [-0.15, -0.1) is 0 Å². The lowest BCUT2D eigenvalue weighted by Gasteiger charge is -2.17. The van der Waals surface area contributed by atoms with Gasteiger partial charge in [-0.3, -0.25) is 14.9 Å². The van der Waals surface area contributed by atoms with Gasteiger partial charge in [-0.1, -0.05) is 18.2 Å². The van der Waals surface area contributed by atoms with Gasteiger partial charge in [0.15, 0.2) is 5.11 Å². The highest BCUT2D eigenvalue weighted by Crippen LogP contribution is 2.32. The average molecular weight is 506 g/mol. The van der Waals surface area contributed by atoms with Crippen molar-refractivity contribution in [1.82, 2.24) is 5.32 Å². The maximum Gasteiger partial charge on any atom is 0.281 e. The lowest BCUT2D eigenvalue weighted by molar-refractivity contribution is -0.385. The van der Waals surface area contributed by atoms with E-state index in [0.29, 0.717) is 34.2 Å². The molecule has 184 valence electrons. The maximum atomic E-state index is 13.2. The predicted molar refractivity (Wildman–Crippen MR) is 139 cm³/mol. The van der Waals surface area contributed by atoms with E-state index in [1.54, 1.807) is 56.5 Å². The van der Waals surface area contributed by atoms with Crippen molar-refractivity contribution in [3.05, 3.63) is 93.2 Å². The third-order valence-electron chi connectivity index (χ3n) is 5.58. The summed E-state index contributed by atoms with van der Waals surface area (Å²) in [5, 5.41) is 14.3. The number of para-hydroxylation sites is 2. The number of nitro groups is 1. The number of hydrogen-bond donors (Lipinski definition) is 1. The van der Waals surface area contributed by atoms with Crippen LogP contribution in [0.1, 0.15) is 16.7 Å². The van der Waals surface area contributed by atoms with Gasteiger partial charge >= 0.3 is 0 Å². The normalized spacial score (nSPS) is 14.1. The van der Waals surface area contributed by atoms with E-state index in [1.807, 2.05) is 18.2 Å². The Morgan fingerprint density at radius 1 is 1.06 bits per heavy atom. The van der Waals surface area contributed by atoms with Gasteiger partial charge in [0.05, 0.1) is 24.8 Å². The molecule has 1 aliphatic rings. The van der Waals surface area contributed by atoms with Crippen LogP contribution in [0.3, 0.4) is 0 Å². The van der Waals surface area contributed by atoms with Gasteiger partial charge < -0.3 is 19.5 Å². The van der Waals surface area contributed by atoms with Crippen LogP contribution in [0.2, 0.25) is 0 Å². The van der Waals surface area contributed by atoms with Crippen molar-refractivity contribution in [3.63, 3.8) is 0 Å². The van der Waals surface area contributed by atoms with Crippen molar-refractivity contribution in [2.75, 3.05) is 19.1 Å². The second-order valence-corrected chi connectivity index (χ2v) is 8.25. The first kappa shape index (κ1) is 24.7. The zero-order chi connectivity index (χ0) is 25.8. The minimum atomic E-state index is -0.432. The molecule has 0 bridgehead atoms. The van der Waals surface area contributed by atoms with Crippen LogP contribution >= 0.6 is 12.2 Å². The molecule has 0 unspecified atom stereocenters. The van der Waals surface area contributed by atoms with Crippen LogP contribution in [0.5, 0.6) is 17.2 Å². The molecule has 0 aromatic heterocycles. The summed E-state index contributed by atoms with van der Waals surface area (Å²) in [6.45, 7) is 1.81. The van der Waals surface area contributed by atoms with E-state index < -0.39 is 4.92 Å². The van der Waals surface area contributed by atoms with Crippen molar-refractivity contribution in [1.29, 1.82) is 0 Å². The van der Waals surface area contributed by atoms with E-state index in [0.717, 1.165) is 11.1 Å². The van der Waals surface area contributed by atoms with Crippen LogP contribution < -0.4 is 24.4 Å². The van der Waals surface area contributed by atoms with Gasteiger partial charge in [0.25, 0.3) is 11.6 Å². The number of nitro benzene ring substituents is 1. The summed E-state index contributed by atoms with van der Waals surface area (Å²) in [5.41, 5.74) is 2.86. The Morgan fingerprint density at radius 2 is 1.81 bits per heavy atom. The van der Waals surface area contributed by atoms with Crippen LogP contribution in [0.15, 0.2) is 66.4 Å². The number of carbonyl (C=O) groups excluding carboxylic acids is 1.